The molecule has 0 saturated carbocycles. The van der Waals surface area contributed by atoms with Crippen LogP contribution in [0.5, 0.6) is 0 Å². The first-order valence-corrected chi connectivity index (χ1v) is 6.29. The van der Waals surface area contributed by atoms with E-state index in [0.717, 1.165) is 19.3 Å². The second-order valence-corrected chi connectivity index (χ2v) is 4.68. The lowest BCUT2D eigenvalue weighted by Gasteiger charge is -2.06. The summed E-state index contributed by atoms with van der Waals surface area (Å²) in [5.41, 5.74) is 2.72. The summed E-state index contributed by atoms with van der Waals surface area (Å²) in [4.78, 5) is 10.9. The van der Waals surface area contributed by atoms with Crippen LogP contribution in [-0.2, 0) is 16.0 Å². The second-order valence-electron chi connectivity index (χ2n) is 4.68. The minimum atomic E-state index is -0.111. The van der Waals surface area contributed by atoms with E-state index in [9.17, 15) is 4.79 Å². The zero-order valence-corrected chi connectivity index (χ0v) is 11.0. The summed E-state index contributed by atoms with van der Waals surface area (Å²) in [5.74, 6) is 0.475. The number of hydrogen-bond donors (Lipinski definition) is 0. The molecule has 0 atom stereocenters. The van der Waals surface area contributed by atoms with Crippen molar-refractivity contribution in [3.63, 3.8) is 0 Å². The van der Waals surface area contributed by atoms with Crippen LogP contribution in [0, 0.1) is 0 Å². The molecule has 1 rings (SSSR count). The van der Waals surface area contributed by atoms with E-state index in [2.05, 4.69) is 42.8 Å². The highest BCUT2D eigenvalue weighted by Crippen LogP contribution is 2.16. The van der Waals surface area contributed by atoms with Gasteiger partial charge in [0.2, 0.25) is 0 Å². The average Bonchev–Trinajstić information content (AvgIpc) is 2.34. The third-order valence-corrected chi connectivity index (χ3v) is 2.97. The normalized spacial score (nSPS) is 10.6. The fraction of sp³-hybridized carbons (Fsp3) is 0.533. The minimum Gasteiger partial charge on any atom is -0.469 e. The summed E-state index contributed by atoms with van der Waals surface area (Å²) >= 11 is 0. The monoisotopic (exact) mass is 234 g/mol. The maximum absolute atomic E-state index is 10.9. The first kappa shape index (κ1) is 13.8. The second kappa shape index (κ2) is 7.10. The molecule has 0 fully saturated rings. The maximum Gasteiger partial charge on any atom is 0.305 e. The number of aryl methyl sites for hydroxylation is 1. The molecular weight excluding hydrogens is 212 g/mol. The maximum atomic E-state index is 10.9. The van der Waals surface area contributed by atoms with Crippen molar-refractivity contribution in [2.45, 2.75) is 45.4 Å². The molecule has 2 heteroatoms. The van der Waals surface area contributed by atoms with Gasteiger partial charge >= 0.3 is 5.97 Å². The quantitative estimate of drug-likeness (QED) is 0.554. The van der Waals surface area contributed by atoms with Gasteiger partial charge in [-0.25, -0.2) is 0 Å². The first-order chi connectivity index (χ1) is 8.13. The van der Waals surface area contributed by atoms with Gasteiger partial charge in [0.25, 0.3) is 0 Å². The Kier molecular flexibility index (Phi) is 5.75. The Balaban J connectivity index is 2.30. The number of rotatable bonds is 6. The predicted octanol–water partition coefficient (Wildman–Crippen LogP) is 3.70. The van der Waals surface area contributed by atoms with Gasteiger partial charge in [0.05, 0.1) is 7.11 Å². The lowest BCUT2D eigenvalue weighted by molar-refractivity contribution is -0.140. The van der Waals surface area contributed by atoms with Crippen LogP contribution in [0.3, 0.4) is 0 Å². The van der Waals surface area contributed by atoms with Gasteiger partial charge in [-0.1, -0.05) is 38.1 Å². The van der Waals surface area contributed by atoms with Gasteiger partial charge in [0, 0.05) is 6.42 Å². The Morgan fingerprint density at radius 2 is 1.82 bits per heavy atom. The molecule has 0 N–H and O–H groups in total. The van der Waals surface area contributed by atoms with Crippen LogP contribution in [0.2, 0.25) is 0 Å². The first-order valence-electron chi connectivity index (χ1n) is 6.29. The predicted molar refractivity (Wildman–Crippen MR) is 70.1 cm³/mol. The number of ether oxygens (including phenoxy) is 1. The largest absolute Gasteiger partial charge is 0.469 e. The van der Waals surface area contributed by atoms with Crippen molar-refractivity contribution >= 4 is 5.97 Å². The highest BCUT2D eigenvalue weighted by Gasteiger charge is 2.01. The van der Waals surface area contributed by atoms with E-state index in [1.165, 1.54) is 18.2 Å². The molecular formula is C15H22O2. The number of carbonyl (C=O) groups is 1. The van der Waals surface area contributed by atoms with Crippen LogP contribution in [-0.4, -0.2) is 13.1 Å². The molecule has 0 saturated heterocycles. The Hall–Kier alpha value is -1.31. The van der Waals surface area contributed by atoms with E-state index in [1.54, 1.807) is 0 Å². The molecule has 94 valence electrons. The van der Waals surface area contributed by atoms with Gasteiger partial charge in [-0.05, 0) is 36.3 Å². The number of methoxy groups -OCH3 is 1. The third-order valence-electron chi connectivity index (χ3n) is 2.97. The van der Waals surface area contributed by atoms with Crippen molar-refractivity contribution in [3.8, 4) is 0 Å². The molecule has 0 spiro atoms. The summed E-state index contributed by atoms with van der Waals surface area (Å²) in [7, 11) is 1.44. The van der Waals surface area contributed by atoms with Crippen LogP contribution in [0.4, 0.5) is 0 Å². The van der Waals surface area contributed by atoms with E-state index in [1.807, 2.05) is 0 Å². The average molecular weight is 234 g/mol. The fourth-order valence-electron chi connectivity index (χ4n) is 1.77. The van der Waals surface area contributed by atoms with Crippen molar-refractivity contribution < 1.29 is 9.53 Å². The van der Waals surface area contributed by atoms with Gasteiger partial charge in [0.15, 0.2) is 0 Å². The summed E-state index contributed by atoms with van der Waals surface area (Å²) in [6.07, 6.45) is 3.50. The molecule has 0 aromatic heterocycles. The molecule has 0 radical (unpaired) electrons. The molecule has 17 heavy (non-hydrogen) atoms. The summed E-state index contributed by atoms with van der Waals surface area (Å²) in [5, 5.41) is 0. The molecule has 2 nitrogen and oxygen atoms in total. The molecule has 0 unspecified atom stereocenters. The standard InChI is InChI=1S/C15H22O2/c1-12(2)14-10-8-13(9-11-14)6-4-5-7-15(16)17-3/h8-12H,4-7H2,1-3H3. The van der Waals surface area contributed by atoms with E-state index >= 15 is 0 Å². The number of esters is 1. The topological polar surface area (TPSA) is 26.3 Å². The van der Waals surface area contributed by atoms with E-state index < -0.39 is 0 Å². The van der Waals surface area contributed by atoms with E-state index in [-0.39, 0.29) is 5.97 Å². The van der Waals surface area contributed by atoms with Crippen molar-refractivity contribution in [2.75, 3.05) is 7.11 Å². The van der Waals surface area contributed by atoms with Crippen molar-refractivity contribution in [1.82, 2.24) is 0 Å². The Morgan fingerprint density at radius 3 is 2.35 bits per heavy atom. The van der Waals surface area contributed by atoms with Crippen LogP contribution in [0.1, 0.15) is 50.2 Å². The Labute approximate surface area is 104 Å². The molecule has 1 aromatic rings. The smallest absolute Gasteiger partial charge is 0.305 e. The van der Waals surface area contributed by atoms with Crippen LogP contribution in [0.15, 0.2) is 24.3 Å². The number of hydrogen-bond acceptors (Lipinski definition) is 2. The highest BCUT2D eigenvalue weighted by molar-refractivity contribution is 5.68. The Morgan fingerprint density at radius 1 is 1.18 bits per heavy atom. The van der Waals surface area contributed by atoms with E-state index in [0.29, 0.717) is 12.3 Å². The minimum absolute atomic E-state index is 0.111. The Bertz CT molecular complexity index is 338. The van der Waals surface area contributed by atoms with Crippen LogP contribution in [0.25, 0.3) is 0 Å². The van der Waals surface area contributed by atoms with E-state index in [4.69, 9.17) is 0 Å². The van der Waals surface area contributed by atoms with Crippen molar-refractivity contribution in [3.05, 3.63) is 35.4 Å². The SMILES string of the molecule is COC(=O)CCCCc1ccc(C(C)C)cc1. The van der Waals surface area contributed by atoms with Crippen molar-refractivity contribution in [2.24, 2.45) is 0 Å². The van der Waals surface area contributed by atoms with Gasteiger partial charge in [-0.3, -0.25) is 4.79 Å². The summed E-state index contributed by atoms with van der Waals surface area (Å²) in [6.45, 7) is 4.40. The molecule has 0 bridgehead atoms. The van der Waals surface area contributed by atoms with Gasteiger partial charge in [-0.2, -0.15) is 0 Å². The molecule has 0 aliphatic rings. The third kappa shape index (κ3) is 5.03. The molecule has 0 aliphatic heterocycles. The fourth-order valence-corrected chi connectivity index (χ4v) is 1.77. The number of unbranched alkanes of at least 4 members (excludes halogenated alkanes) is 1. The van der Waals surface area contributed by atoms with Crippen LogP contribution < -0.4 is 0 Å². The molecule has 0 aliphatic carbocycles. The molecule has 0 amide bonds. The van der Waals surface area contributed by atoms with Gasteiger partial charge < -0.3 is 4.74 Å². The lowest BCUT2D eigenvalue weighted by Crippen LogP contribution is -1.99. The highest BCUT2D eigenvalue weighted by atomic mass is 16.5. The van der Waals surface area contributed by atoms with Crippen LogP contribution >= 0.6 is 0 Å². The lowest BCUT2D eigenvalue weighted by atomic mass is 10.00. The number of benzene rings is 1. The zero-order chi connectivity index (χ0) is 12.7. The van der Waals surface area contributed by atoms with Gasteiger partial charge in [-0.15, -0.1) is 0 Å². The number of carbonyl (C=O) groups excluding carboxylic acids is 1. The summed E-state index contributed by atoms with van der Waals surface area (Å²) < 4.78 is 4.61. The summed E-state index contributed by atoms with van der Waals surface area (Å²) in [6, 6.07) is 8.77. The molecule has 1 aromatic carbocycles. The molecule has 0 heterocycles. The zero-order valence-electron chi connectivity index (χ0n) is 11.0. The van der Waals surface area contributed by atoms with Crippen molar-refractivity contribution in [1.29, 1.82) is 0 Å². The van der Waals surface area contributed by atoms with Gasteiger partial charge in [0.1, 0.15) is 0 Å².